The van der Waals surface area contributed by atoms with Crippen LogP contribution in [0.4, 0.5) is 10.5 Å². The number of urea groups is 1. The van der Waals surface area contributed by atoms with Crippen molar-refractivity contribution >= 4 is 23.7 Å². The van der Waals surface area contributed by atoms with E-state index in [1.54, 1.807) is 0 Å². The first-order valence-corrected chi connectivity index (χ1v) is 6.12. The molecule has 1 saturated heterocycles. The predicted molar refractivity (Wildman–Crippen MR) is 71.6 cm³/mol. The van der Waals surface area contributed by atoms with Gasteiger partial charge in [-0.25, -0.2) is 4.79 Å². The number of hydrogen-bond donors (Lipinski definition) is 1. The summed E-state index contributed by atoms with van der Waals surface area (Å²) in [5.74, 6) is -0.379. The molecule has 1 aromatic rings. The second kappa shape index (κ2) is 5.52. The molecule has 20 heavy (non-hydrogen) atoms. The molecule has 104 valence electrons. The number of nitrogens with one attached hydrogen (secondary N) is 1. The Hall–Kier alpha value is -2.70. The number of benzene rings is 1. The van der Waals surface area contributed by atoms with E-state index in [4.69, 9.17) is 0 Å². The molecule has 0 unspecified atom stereocenters. The van der Waals surface area contributed by atoms with Crippen molar-refractivity contribution in [3.63, 3.8) is 0 Å². The van der Waals surface area contributed by atoms with E-state index in [1.807, 2.05) is 6.92 Å². The molecule has 0 atom stereocenters. The molecule has 1 aromatic carbocycles. The number of nitrogens with zero attached hydrogens (tertiary/aromatic N) is 2. The second-order valence-electron chi connectivity index (χ2n) is 4.29. The highest BCUT2D eigenvalue weighted by Crippen LogP contribution is 2.17. The van der Waals surface area contributed by atoms with Gasteiger partial charge in [-0.2, -0.15) is 0 Å². The number of carbonyl (C=O) groups is 2. The zero-order valence-electron chi connectivity index (χ0n) is 10.8. The molecule has 0 radical (unpaired) electrons. The third kappa shape index (κ3) is 2.66. The van der Waals surface area contributed by atoms with Crippen molar-refractivity contribution in [1.82, 2.24) is 10.2 Å². The van der Waals surface area contributed by atoms with Crippen LogP contribution in [0, 0.1) is 10.1 Å². The van der Waals surface area contributed by atoms with Crippen molar-refractivity contribution in [3.05, 3.63) is 45.6 Å². The lowest BCUT2D eigenvalue weighted by atomic mass is 10.1. The number of carbonyl (C=O) groups excluding carboxylic acids is 2. The minimum atomic E-state index is -0.498. The van der Waals surface area contributed by atoms with Crippen LogP contribution in [0.25, 0.3) is 6.08 Å². The number of non-ortho nitro benzene ring substituents is 1. The van der Waals surface area contributed by atoms with Gasteiger partial charge in [0.25, 0.3) is 11.6 Å². The summed E-state index contributed by atoms with van der Waals surface area (Å²) in [6.45, 7) is 2.24. The highest BCUT2D eigenvalue weighted by molar-refractivity contribution is 6.13. The Kier molecular flexibility index (Phi) is 3.79. The van der Waals surface area contributed by atoms with Gasteiger partial charge in [-0.05, 0) is 30.2 Å². The van der Waals surface area contributed by atoms with Crippen LogP contribution < -0.4 is 5.32 Å². The summed E-state index contributed by atoms with van der Waals surface area (Å²) in [4.78, 5) is 34.7. The summed E-state index contributed by atoms with van der Waals surface area (Å²) in [6, 6.07) is 5.29. The van der Waals surface area contributed by atoms with Crippen LogP contribution >= 0.6 is 0 Å². The summed E-state index contributed by atoms with van der Waals surface area (Å²) >= 11 is 0. The Bertz CT molecular complexity index is 592. The molecule has 2 rings (SSSR count). The second-order valence-corrected chi connectivity index (χ2v) is 4.29. The number of imide groups is 1. The van der Waals surface area contributed by atoms with Crippen LogP contribution in [0.2, 0.25) is 0 Å². The van der Waals surface area contributed by atoms with E-state index >= 15 is 0 Å². The van der Waals surface area contributed by atoms with Gasteiger partial charge in [-0.3, -0.25) is 19.8 Å². The van der Waals surface area contributed by atoms with Gasteiger partial charge < -0.3 is 5.32 Å². The number of nitro groups is 1. The first-order valence-electron chi connectivity index (χ1n) is 6.12. The van der Waals surface area contributed by atoms with Crippen molar-refractivity contribution in [2.75, 3.05) is 6.54 Å². The molecule has 7 heteroatoms. The van der Waals surface area contributed by atoms with E-state index in [-0.39, 0.29) is 17.3 Å². The molecule has 1 aliphatic rings. The number of hydrogen-bond acceptors (Lipinski definition) is 4. The maximum absolute atomic E-state index is 12.0. The fourth-order valence-electron chi connectivity index (χ4n) is 1.86. The highest BCUT2D eigenvalue weighted by atomic mass is 16.6. The van der Waals surface area contributed by atoms with Gasteiger partial charge in [-0.1, -0.05) is 6.92 Å². The summed E-state index contributed by atoms with van der Waals surface area (Å²) < 4.78 is 0. The third-order valence-electron chi connectivity index (χ3n) is 2.82. The van der Waals surface area contributed by atoms with Crippen molar-refractivity contribution in [3.8, 4) is 0 Å². The van der Waals surface area contributed by atoms with Crippen molar-refractivity contribution in [2.24, 2.45) is 0 Å². The molecule has 1 fully saturated rings. The van der Waals surface area contributed by atoms with Crippen molar-refractivity contribution < 1.29 is 14.5 Å². The van der Waals surface area contributed by atoms with Gasteiger partial charge in [0.05, 0.1) is 4.92 Å². The molecule has 0 spiro atoms. The fourth-order valence-corrected chi connectivity index (χ4v) is 1.86. The van der Waals surface area contributed by atoms with Gasteiger partial charge in [-0.15, -0.1) is 0 Å². The Balaban J connectivity index is 2.21. The molecular formula is C13H13N3O4. The summed E-state index contributed by atoms with van der Waals surface area (Å²) in [5.41, 5.74) is 0.761. The molecule has 1 N–H and O–H groups in total. The molecule has 1 aliphatic heterocycles. The zero-order chi connectivity index (χ0) is 14.7. The lowest BCUT2D eigenvalue weighted by Crippen LogP contribution is -2.31. The maximum atomic E-state index is 12.0. The van der Waals surface area contributed by atoms with Gasteiger partial charge in [0, 0.05) is 18.7 Å². The lowest BCUT2D eigenvalue weighted by molar-refractivity contribution is -0.384. The molecule has 1 heterocycles. The topological polar surface area (TPSA) is 92.6 Å². The fraction of sp³-hybridized carbons (Fsp3) is 0.231. The predicted octanol–water partition coefficient (Wildman–Crippen LogP) is 1.90. The first-order chi connectivity index (χ1) is 9.52. The number of amides is 3. The van der Waals surface area contributed by atoms with E-state index in [0.29, 0.717) is 18.5 Å². The van der Waals surface area contributed by atoms with E-state index in [0.717, 1.165) is 4.90 Å². The van der Waals surface area contributed by atoms with Crippen LogP contribution in [0.5, 0.6) is 0 Å². The van der Waals surface area contributed by atoms with Crippen LogP contribution in [0.3, 0.4) is 0 Å². The van der Waals surface area contributed by atoms with Gasteiger partial charge in [0.2, 0.25) is 0 Å². The molecule has 0 bridgehead atoms. The summed E-state index contributed by atoms with van der Waals surface area (Å²) in [7, 11) is 0. The Morgan fingerprint density at radius 3 is 2.50 bits per heavy atom. The van der Waals surface area contributed by atoms with Crippen LogP contribution in [-0.4, -0.2) is 28.3 Å². The van der Waals surface area contributed by atoms with Crippen LogP contribution in [0.15, 0.2) is 30.0 Å². The number of nitro benzene ring substituents is 1. The van der Waals surface area contributed by atoms with Gasteiger partial charge >= 0.3 is 6.03 Å². The lowest BCUT2D eigenvalue weighted by Gasteiger charge is -2.08. The molecule has 0 aromatic heterocycles. The SMILES string of the molecule is CCCN1C(=O)N/C(=C/c2ccc([N+](=O)[O-])cc2)C1=O. The van der Waals surface area contributed by atoms with E-state index in [9.17, 15) is 19.7 Å². The summed E-state index contributed by atoms with van der Waals surface area (Å²) in [5, 5.41) is 13.0. The van der Waals surface area contributed by atoms with Gasteiger partial charge in [0.15, 0.2) is 0 Å². The van der Waals surface area contributed by atoms with Gasteiger partial charge in [0.1, 0.15) is 5.70 Å². The smallest absolute Gasteiger partial charge is 0.303 e. The number of rotatable bonds is 4. The maximum Gasteiger partial charge on any atom is 0.329 e. The molecule has 0 aliphatic carbocycles. The Morgan fingerprint density at radius 1 is 1.30 bits per heavy atom. The summed E-state index contributed by atoms with van der Waals surface area (Å²) in [6.07, 6.45) is 2.18. The van der Waals surface area contributed by atoms with E-state index in [2.05, 4.69) is 5.32 Å². The first kappa shape index (κ1) is 13.7. The Morgan fingerprint density at radius 2 is 1.95 bits per heavy atom. The molecular weight excluding hydrogens is 262 g/mol. The Labute approximate surface area is 115 Å². The quantitative estimate of drug-likeness (QED) is 0.393. The normalized spacial score (nSPS) is 16.6. The zero-order valence-corrected chi connectivity index (χ0v) is 10.8. The molecule has 3 amide bonds. The third-order valence-corrected chi connectivity index (χ3v) is 2.82. The molecule has 0 saturated carbocycles. The van der Waals surface area contributed by atoms with Crippen LogP contribution in [-0.2, 0) is 4.79 Å². The van der Waals surface area contributed by atoms with Crippen LogP contribution in [0.1, 0.15) is 18.9 Å². The largest absolute Gasteiger partial charge is 0.329 e. The molecule has 7 nitrogen and oxygen atoms in total. The van der Waals surface area contributed by atoms with Crippen molar-refractivity contribution in [2.45, 2.75) is 13.3 Å². The average Bonchev–Trinajstić information content (AvgIpc) is 2.67. The van der Waals surface area contributed by atoms with E-state index < -0.39 is 11.0 Å². The average molecular weight is 275 g/mol. The minimum absolute atomic E-state index is 0.0263. The standard InChI is InChI=1S/C13H13N3O4/c1-2-7-15-12(17)11(14-13(15)18)8-9-3-5-10(6-4-9)16(19)20/h3-6,8H,2,7H2,1H3,(H,14,18)/b11-8+. The highest BCUT2D eigenvalue weighted by Gasteiger charge is 2.32. The minimum Gasteiger partial charge on any atom is -0.303 e. The van der Waals surface area contributed by atoms with E-state index in [1.165, 1.54) is 30.3 Å². The van der Waals surface area contributed by atoms with Crippen molar-refractivity contribution in [1.29, 1.82) is 0 Å². The monoisotopic (exact) mass is 275 g/mol.